The Hall–Kier alpha value is 1.08. The van der Waals surface area contributed by atoms with Crippen LogP contribution in [0.1, 0.15) is 54.4 Å². The maximum absolute atomic E-state index is 6.50. The minimum absolute atomic E-state index is 0.640. The highest BCUT2D eigenvalue weighted by atomic mass is 33.7. The predicted molar refractivity (Wildman–Crippen MR) is 147 cm³/mol. The molecule has 0 rings (SSSR count). The molecule has 0 saturated carbocycles. The van der Waals surface area contributed by atoms with E-state index >= 15 is 0 Å². The van der Waals surface area contributed by atoms with Crippen LogP contribution in [0, 0.1) is 11.8 Å². The number of nitrogens with zero attached hydrogens (tertiary/aromatic N) is 1. The summed E-state index contributed by atoms with van der Waals surface area (Å²) in [5.74, 6) is 2.13. The van der Waals surface area contributed by atoms with Crippen LogP contribution in [0.25, 0.3) is 0 Å². The van der Waals surface area contributed by atoms with Gasteiger partial charge in [-0.25, -0.2) is 5.26 Å². The van der Waals surface area contributed by atoms with E-state index in [1.165, 1.54) is 0 Å². The van der Waals surface area contributed by atoms with Crippen molar-refractivity contribution in [1.82, 2.24) is 0 Å². The molecule has 0 unspecified atom stereocenters. The zero-order chi connectivity index (χ0) is 24.6. The van der Waals surface area contributed by atoms with Gasteiger partial charge in [0, 0.05) is 69.8 Å². The molecule has 32 heavy (non-hydrogen) atoms. The highest BCUT2D eigenvalue weighted by Crippen LogP contribution is 2.44. The maximum Gasteiger partial charge on any atom is 0.500 e. The molecular weight excluding hydrogens is 523 g/mol. The topological polar surface area (TPSA) is 79.2 Å². The van der Waals surface area contributed by atoms with Crippen molar-refractivity contribution in [2.75, 3.05) is 51.1 Å². The normalized spacial score (nSPS) is 11.9. The first-order chi connectivity index (χ1) is 15.6. The summed E-state index contributed by atoms with van der Waals surface area (Å²) in [4.78, 5) is 0. The third-order valence-corrected chi connectivity index (χ3v) is 16.7. The fourth-order valence-electron chi connectivity index (χ4n) is 2.81. The van der Waals surface area contributed by atoms with Crippen molar-refractivity contribution >= 4 is 58.8 Å². The van der Waals surface area contributed by atoms with Gasteiger partial charge in [0.05, 0.1) is 0 Å². The fraction of sp³-hybridized carbons (Fsp3) is 0.947. The average Bonchev–Trinajstić information content (AvgIpc) is 2.77. The molecule has 0 bridgehead atoms. The maximum atomic E-state index is 6.50. The average molecular weight is 566 g/mol. The Morgan fingerprint density at radius 3 is 1.00 bits per heavy atom. The van der Waals surface area contributed by atoms with Gasteiger partial charge in [0.1, 0.15) is 0 Å². The van der Waals surface area contributed by atoms with E-state index in [4.69, 9.17) is 31.8 Å². The van der Waals surface area contributed by atoms with E-state index in [-0.39, 0.29) is 0 Å². The molecule has 0 fully saturated rings. The number of nitriles is 1. The summed E-state index contributed by atoms with van der Waals surface area (Å²) in [6.45, 7) is 19.3. The first-order valence-corrected chi connectivity index (χ1v) is 20.3. The van der Waals surface area contributed by atoms with Crippen molar-refractivity contribution in [3.63, 3.8) is 0 Å². The lowest BCUT2D eigenvalue weighted by atomic mass is 10.6. The smallest absolute Gasteiger partial charge is 0.374 e. The lowest BCUT2D eigenvalue weighted by molar-refractivity contribution is 0.0704. The highest BCUT2D eigenvalue weighted by molar-refractivity contribution is 9.26. The fourth-order valence-corrected chi connectivity index (χ4v) is 14.7. The molecule has 192 valence electrons. The van der Waals surface area contributed by atoms with Gasteiger partial charge in [-0.2, -0.15) is 0 Å². The highest BCUT2D eigenvalue weighted by Gasteiger charge is 2.40. The van der Waals surface area contributed by atoms with Gasteiger partial charge < -0.3 is 26.6 Å². The minimum atomic E-state index is -2.49. The van der Waals surface area contributed by atoms with E-state index in [0.717, 1.165) is 36.4 Å². The molecular formula is C19H43NO6S4Si2. The summed E-state index contributed by atoms with van der Waals surface area (Å²) in [5, 5.41) is 6.50. The van der Waals surface area contributed by atoms with Gasteiger partial charge >= 0.3 is 17.6 Å². The summed E-state index contributed by atoms with van der Waals surface area (Å²) < 4.78 is 35.4. The molecule has 0 radical (unpaired) electrons. The molecule has 0 atom stereocenters. The molecule has 13 heteroatoms. The van der Waals surface area contributed by atoms with E-state index in [1.54, 1.807) is 0 Å². The molecule has 0 N–H and O–H groups in total. The second-order valence-electron chi connectivity index (χ2n) is 5.95. The van der Waals surface area contributed by atoms with Gasteiger partial charge in [0.15, 0.2) is 0 Å². The molecule has 0 amide bonds. The Kier molecular flexibility index (Phi) is 27.7. The lowest BCUT2D eigenvalue weighted by Crippen LogP contribution is -2.46. The second kappa shape index (κ2) is 25.2. The van der Waals surface area contributed by atoms with Crippen LogP contribution in [0.2, 0.25) is 12.1 Å². The van der Waals surface area contributed by atoms with Crippen LogP contribution in [-0.4, -0.2) is 68.8 Å². The van der Waals surface area contributed by atoms with E-state index < -0.39 is 17.6 Å². The van der Waals surface area contributed by atoms with Crippen molar-refractivity contribution in [3.05, 3.63) is 0 Å². The Balaban J connectivity index is 0. The van der Waals surface area contributed by atoms with Crippen molar-refractivity contribution in [2.45, 2.75) is 66.5 Å². The van der Waals surface area contributed by atoms with Crippen LogP contribution in [0.4, 0.5) is 0 Å². The molecule has 0 aromatic heterocycles. The molecule has 0 saturated heterocycles. The zero-order valence-corrected chi connectivity index (χ0v) is 25.9. The summed E-state index contributed by atoms with van der Waals surface area (Å²) in [5.41, 5.74) is 0. The van der Waals surface area contributed by atoms with Gasteiger partial charge in [0.2, 0.25) is 0 Å². The van der Waals surface area contributed by atoms with Crippen molar-refractivity contribution in [2.24, 2.45) is 0 Å². The van der Waals surface area contributed by atoms with Crippen LogP contribution >= 0.6 is 41.2 Å². The summed E-state index contributed by atoms with van der Waals surface area (Å²) in [6.07, 6.45) is 2.08. The van der Waals surface area contributed by atoms with Gasteiger partial charge in [0.25, 0.3) is 0 Å². The van der Waals surface area contributed by atoms with E-state index in [2.05, 4.69) is 6.57 Å². The van der Waals surface area contributed by atoms with Crippen molar-refractivity contribution in [1.29, 1.82) is 5.26 Å². The lowest BCUT2D eigenvalue weighted by Gasteiger charge is -2.28. The number of rotatable bonds is 23. The van der Waals surface area contributed by atoms with Gasteiger partial charge in [-0.3, -0.25) is 0 Å². The Bertz CT molecular complexity index is 362. The van der Waals surface area contributed by atoms with Crippen molar-refractivity contribution < 1.29 is 26.6 Å². The summed E-state index contributed by atoms with van der Waals surface area (Å²) >= 11 is 0. The van der Waals surface area contributed by atoms with Crippen LogP contribution in [0.5, 0.6) is 0 Å². The minimum Gasteiger partial charge on any atom is -0.374 e. The van der Waals surface area contributed by atoms with E-state index in [0.29, 0.717) is 39.6 Å². The summed E-state index contributed by atoms with van der Waals surface area (Å²) in [6, 6.07) is 1.76. The third kappa shape index (κ3) is 17.5. The molecule has 7 nitrogen and oxygen atoms in total. The van der Waals surface area contributed by atoms with Gasteiger partial charge in [-0.15, -0.1) is 0 Å². The Labute approximate surface area is 214 Å². The Morgan fingerprint density at radius 2 is 0.781 bits per heavy atom. The van der Waals surface area contributed by atoms with Crippen LogP contribution < -0.4 is 0 Å². The van der Waals surface area contributed by atoms with Gasteiger partial charge in [-0.1, -0.05) is 21.6 Å². The monoisotopic (exact) mass is 565 g/mol. The molecule has 0 heterocycles. The number of hydrogen-bond acceptors (Lipinski definition) is 11. The zero-order valence-electron chi connectivity index (χ0n) is 20.6. The molecule has 0 aromatic carbocycles. The molecule has 0 aromatic rings. The third-order valence-electron chi connectivity index (χ3n) is 3.73. The number of hydrogen-bond donors (Lipinski definition) is 0. The van der Waals surface area contributed by atoms with Crippen molar-refractivity contribution in [3.8, 4) is 6.57 Å². The first kappa shape index (κ1) is 35.2. The van der Waals surface area contributed by atoms with E-state index in [1.807, 2.05) is 82.8 Å². The predicted octanol–water partition coefficient (Wildman–Crippen LogP) is 6.68. The van der Waals surface area contributed by atoms with Gasteiger partial charge in [-0.05, 0) is 74.0 Å². The second-order valence-corrected chi connectivity index (χ2v) is 17.7. The first-order valence-electron chi connectivity index (χ1n) is 11.2. The quantitative estimate of drug-likeness (QED) is 0.0756. The van der Waals surface area contributed by atoms with Crippen LogP contribution in [-0.2, 0) is 26.6 Å². The van der Waals surface area contributed by atoms with Crippen LogP contribution in [0.15, 0.2) is 0 Å². The molecule has 0 spiro atoms. The SMILES string of the molecule is C#N.CCO[Si](CCCSSSSCCC[Si](OCC)(OCC)OCC)(OCC)OCC. The molecule has 0 aliphatic rings. The Morgan fingerprint density at radius 1 is 0.531 bits per heavy atom. The van der Waals surface area contributed by atoms with Crippen LogP contribution in [0.3, 0.4) is 0 Å². The van der Waals surface area contributed by atoms with E-state index in [9.17, 15) is 0 Å². The molecule has 0 aliphatic heterocycles. The standard InChI is InChI=1S/C18H42O6S4Si2.CHN/c1-7-19-29(20-8-2,21-9-3)17-13-15-25-27-28-26-16-14-18-30(22-10-4,23-11-5)24-12-6;1-2/h7-18H2,1-6H3;1H. The summed E-state index contributed by atoms with van der Waals surface area (Å²) in [7, 11) is 2.48. The largest absolute Gasteiger partial charge is 0.500 e. The molecule has 0 aliphatic carbocycles.